The van der Waals surface area contributed by atoms with Crippen LogP contribution in [-0.4, -0.2) is 31.9 Å². The Bertz CT molecular complexity index is 296. The molecule has 0 amide bonds. The van der Waals surface area contributed by atoms with E-state index in [1.54, 1.807) is 0 Å². The molecule has 1 atom stereocenters. The van der Waals surface area contributed by atoms with Crippen LogP contribution < -0.4 is 0 Å². The summed E-state index contributed by atoms with van der Waals surface area (Å²) in [6, 6.07) is 0. The van der Waals surface area contributed by atoms with E-state index in [0.29, 0.717) is 19.3 Å². The molecule has 1 fully saturated rings. The third-order valence-corrected chi connectivity index (χ3v) is 2.79. The fraction of sp³-hybridized carbons (Fsp3) is 0.700. The van der Waals surface area contributed by atoms with E-state index in [0.717, 1.165) is 0 Å². The van der Waals surface area contributed by atoms with E-state index < -0.39 is 17.4 Å². The Hall–Kier alpha value is -1.39. The molecule has 0 aromatic heterocycles. The molecule has 1 aliphatic rings. The van der Waals surface area contributed by atoms with Crippen molar-refractivity contribution in [2.24, 2.45) is 5.41 Å². The van der Waals surface area contributed by atoms with Gasteiger partial charge in [0.2, 0.25) is 0 Å². The molecule has 0 aromatic rings. The molecule has 0 unspecified atom stereocenters. The van der Waals surface area contributed by atoms with Crippen LogP contribution in [0.3, 0.4) is 0 Å². The molecule has 0 radical (unpaired) electrons. The van der Waals surface area contributed by atoms with Crippen molar-refractivity contribution in [3.05, 3.63) is 0 Å². The molecule has 1 aliphatic carbocycles. The first-order valence-electron chi connectivity index (χ1n) is 4.75. The minimum absolute atomic E-state index is 0.213. The summed E-state index contributed by atoms with van der Waals surface area (Å²) >= 11 is 0. The van der Waals surface area contributed by atoms with Gasteiger partial charge in [0.15, 0.2) is 5.78 Å². The lowest BCUT2D eigenvalue weighted by Crippen LogP contribution is -2.38. The van der Waals surface area contributed by atoms with E-state index in [1.807, 2.05) is 0 Å². The third kappa shape index (κ3) is 2.00. The highest BCUT2D eigenvalue weighted by Crippen LogP contribution is 2.39. The summed E-state index contributed by atoms with van der Waals surface area (Å²) in [6.07, 6.45) is 1.10. The number of carbonyl (C=O) groups is 3. The second kappa shape index (κ2) is 4.42. The molecule has 5 nitrogen and oxygen atoms in total. The first-order chi connectivity index (χ1) is 7.06. The summed E-state index contributed by atoms with van der Waals surface area (Å²) in [5.74, 6) is -1.41. The summed E-state index contributed by atoms with van der Waals surface area (Å²) in [5.41, 5.74) is -1.29. The van der Waals surface area contributed by atoms with E-state index in [2.05, 4.69) is 9.47 Å². The molecule has 0 saturated heterocycles. The monoisotopic (exact) mass is 214 g/mol. The smallest absolute Gasteiger partial charge is 0.319 e. The zero-order chi connectivity index (χ0) is 11.5. The number of hydrogen-bond acceptors (Lipinski definition) is 5. The van der Waals surface area contributed by atoms with Gasteiger partial charge in [0.25, 0.3) is 0 Å². The fourth-order valence-corrected chi connectivity index (χ4v) is 1.92. The van der Waals surface area contributed by atoms with Crippen LogP contribution in [0, 0.1) is 5.41 Å². The van der Waals surface area contributed by atoms with E-state index in [-0.39, 0.29) is 12.2 Å². The van der Waals surface area contributed by atoms with Crippen LogP contribution in [-0.2, 0) is 23.9 Å². The lowest BCUT2D eigenvalue weighted by Gasteiger charge is -2.22. The fourth-order valence-electron chi connectivity index (χ4n) is 1.92. The van der Waals surface area contributed by atoms with Crippen molar-refractivity contribution < 1.29 is 23.9 Å². The number of rotatable bonds is 3. The van der Waals surface area contributed by atoms with Gasteiger partial charge in [-0.1, -0.05) is 0 Å². The van der Waals surface area contributed by atoms with Gasteiger partial charge in [-0.2, -0.15) is 0 Å². The number of ether oxygens (including phenoxy) is 2. The molecule has 84 valence electrons. The van der Waals surface area contributed by atoms with Gasteiger partial charge in [-0.05, 0) is 12.8 Å². The summed E-state index contributed by atoms with van der Waals surface area (Å²) in [4.78, 5) is 34.3. The average Bonchev–Trinajstić information content (AvgIpc) is 2.60. The van der Waals surface area contributed by atoms with E-state index in [4.69, 9.17) is 0 Å². The maximum Gasteiger partial charge on any atom is 0.319 e. The first-order valence-corrected chi connectivity index (χ1v) is 4.75. The Morgan fingerprint density at radius 2 is 2.00 bits per heavy atom. The predicted octanol–water partition coefficient (Wildman–Crippen LogP) is 0.462. The van der Waals surface area contributed by atoms with Gasteiger partial charge in [-0.3, -0.25) is 14.4 Å². The molecule has 15 heavy (non-hydrogen) atoms. The lowest BCUT2D eigenvalue weighted by molar-refractivity contribution is -0.162. The molecule has 1 rings (SSSR count). The van der Waals surface area contributed by atoms with Crippen molar-refractivity contribution >= 4 is 17.7 Å². The molecule has 0 spiro atoms. The predicted molar refractivity (Wildman–Crippen MR) is 49.9 cm³/mol. The highest BCUT2D eigenvalue weighted by Gasteiger charge is 2.51. The number of ketones is 1. The quantitative estimate of drug-likeness (QED) is 0.504. The number of Topliss-reactive ketones (excluding diaryl/α,β-unsaturated/α-hetero) is 1. The van der Waals surface area contributed by atoms with Gasteiger partial charge in [-0.25, -0.2) is 0 Å². The van der Waals surface area contributed by atoms with Gasteiger partial charge in [0.05, 0.1) is 20.6 Å². The van der Waals surface area contributed by atoms with Crippen molar-refractivity contribution in [2.75, 3.05) is 14.2 Å². The van der Waals surface area contributed by atoms with Gasteiger partial charge in [-0.15, -0.1) is 0 Å². The second-order valence-electron chi connectivity index (χ2n) is 3.60. The van der Waals surface area contributed by atoms with Gasteiger partial charge < -0.3 is 9.47 Å². The molecule has 0 aliphatic heterocycles. The molecule has 5 heteroatoms. The van der Waals surface area contributed by atoms with Crippen molar-refractivity contribution in [1.29, 1.82) is 0 Å². The van der Waals surface area contributed by atoms with Crippen LogP contribution in [0.4, 0.5) is 0 Å². The molecule has 0 bridgehead atoms. The van der Waals surface area contributed by atoms with Crippen molar-refractivity contribution in [3.8, 4) is 0 Å². The zero-order valence-corrected chi connectivity index (χ0v) is 8.87. The highest BCUT2D eigenvalue weighted by molar-refractivity contribution is 6.07. The van der Waals surface area contributed by atoms with Gasteiger partial charge in [0.1, 0.15) is 5.41 Å². The van der Waals surface area contributed by atoms with Gasteiger partial charge in [0, 0.05) is 6.42 Å². The van der Waals surface area contributed by atoms with Crippen LogP contribution >= 0.6 is 0 Å². The molecule has 0 aromatic carbocycles. The highest BCUT2D eigenvalue weighted by atomic mass is 16.5. The minimum atomic E-state index is -1.29. The number of esters is 2. The summed E-state index contributed by atoms with van der Waals surface area (Å²) in [6.45, 7) is 0. The number of methoxy groups -OCH3 is 2. The van der Waals surface area contributed by atoms with Crippen LogP contribution in [0.1, 0.15) is 25.7 Å². The number of hydrogen-bond donors (Lipinski definition) is 0. The van der Waals surface area contributed by atoms with E-state index >= 15 is 0 Å². The SMILES string of the molecule is COC(=O)C[C@@]1(C(=O)OC)CCCC1=O. The number of carbonyl (C=O) groups excluding carboxylic acids is 3. The van der Waals surface area contributed by atoms with Crippen molar-refractivity contribution in [2.45, 2.75) is 25.7 Å². The average molecular weight is 214 g/mol. The third-order valence-electron chi connectivity index (χ3n) is 2.79. The van der Waals surface area contributed by atoms with Crippen LogP contribution in [0.5, 0.6) is 0 Å². The molecule has 1 saturated carbocycles. The van der Waals surface area contributed by atoms with Crippen molar-refractivity contribution in [3.63, 3.8) is 0 Å². The second-order valence-corrected chi connectivity index (χ2v) is 3.60. The minimum Gasteiger partial charge on any atom is -0.469 e. The Morgan fingerprint density at radius 1 is 1.33 bits per heavy atom. The standard InChI is InChI=1S/C10H14O5/c1-14-8(12)6-10(9(13)15-2)5-3-4-7(10)11/h3-6H2,1-2H3/t10-/m0/s1. The Kier molecular flexibility index (Phi) is 3.44. The maximum absolute atomic E-state index is 11.6. The molecular weight excluding hydrogens is 200 g/mol. The molecule has 0 N–H and O–H groups in total. The molecule has 0 heterocycles. The topological polar surface area (TPSA) is 69.7 Å². The van der Waals surface area contributed by atoms with E-state index in [1.165, 1.54) is 14.2 Å². The van der Waals surface area contributed by atoms with E-state index in [9.17, 15) is 14.4 Å². The first kappa shape index (κ1) is 11.7. The largest absolute Gasteiger partial charge is 0.469 e. The zero-order valence-electron chi connectivity index (χ0n) is 8.87. The Labute approximate surface area is 87.7 Å². The molecular formula is C10H14O5. The summed E-state index contributed by atoms with van der Waals surface area (Å²) in [7, 11) is 2.44. The summed E-state index contributed by atoms with van der Waals surface area (Å²) in [5, 5.41) is 0. The van der Waals surface area contributed by atoms with Crippen molar-refractivity contribution in [1.82, 2.24) is 0 Å². The van der Waals surface area contributed by atoms with Gasteiger partial charge >= 0.3 is 11.9 Å². The van der Waals surface area contributed by atoms with Crippen LogP contribution in [0.15, 0.2) is 0 Å². The Morgan fingerprint density at radius 3 is 2.40 bits per heavy atom. The summed E-state index contributed by atoms with van der Waals surface area (Å²) < 4.78 is 9.07. The Balaban J connectivity index is 2.91. The lowest BCUT2D eigenvalue weighted by atomic mass is 9.82. The van der Waals surface area contributed by atoms with Crippen LogP contribution in [0.2, 0.25) is 0 Å². The maximum atomic E-state index is 11.6. The normalized spacial score (nSPS) is 25.1. The van der Waals surface area contributed by atoms with Crippen LogP contribution in [0.25, 0.3) is 0 Å².